The minimum absolute atomic E-state index is 0.000805. The lowest BCUT2D eigenvalue weighted by atomic mass is 10.0. The molecule has 2 aromatic carbocycles. The van der Waals surface area contributed by atoms with E-state index in [4.69, 9.17) is 4.42 Å². The van der Waals surface area contributed by atoms with Crippen LogP contribution in [0.4, 0.5) is 5.69 Å². The summed E-state index contributed by atoms with van der Waals surface area (Å²) in [5.74, 6) is -0.511. The molecule has 9 nitrogen and oxygen atoms in total. The van der Waals surface area contributed by atoms with Crippen LogP contribution in [0.15, 0.2) is 87.3 Å². The Bertz CT molecular complexity index is 1290. The Kier molecular flexibility index (Phi) is 7.07. The first-order chi connectivity index (χ1) is 16.4. The molecule has 3 N–H and O–H groups in total. The maximum absolute atomic E-state index is 13.1. The van der Waals surface area contributed by atoms with Crippen molar-refractivity contribution in [1.82, 2.24) is 10.0 Å². The molecule has 176 valence electrons. The van der Waals surface area contributed by atoms with Crippen LogP contribution in [0.2, 0.25) is 0 Å². The van der Waals surface area contributed by atoms with Crippen molar-refractivity contribution in [1.29, 1.82) is 0 Å². The van der Waals surface area contributed by atoms with Crippen molar-refractivity contribution in [2.75, 3.05) is 11.9 Å². The highest BCUT2D eigenvalue weighted by molar-refractivity contribution is 7.90. The Hall–Kier alpha value is -3.92. The first-order valence-electron chi connectivity index (χ1n) is 10.8. The van der Waals surface area contributed by atoms with E-state index in [1.165, 1.54) is 30.5 Å². The SMILES string of the molecule is O=C(N[C@@H](Cc1ccccc1)C(=O)Nc1cccc(S(=O)(=O)NC2=NCCC2)c1)c1ccco1. The van der Waals surface area contributed by atoms with Crippen molar-refractivity contribution >= 4 is 33.4 Å². The number of aliphatic imine (C=N–C) groups is 1. The molecule has 2 amide bonds. The number of nitrogens with zero attached hydrogens (tertiary/aromatic N) is 1. The lowest BCUT2D eigenvalue weighted by molar-refractivity contribution is -0.118. The average molecular weight is 481 g/mol. The number of amidine groups is 1. The second-order valence-corrected chi connectivity index (χ2v) is 9.43. The number of carbonyl (C=O) groups excluding carboxylic acids is 2. The number of hydrogen-bond acceptors (Lipinski definition) is 6. The van der Waals surface area contributed by atoms with Crippen LogP contribution >= 0.6 is 0 Å². The summed E-state index contributed by atoms with van der Waals surface area (Å²) in [7, 11) is -3.83. The lowest BCUT2D eigenvalue weighted by Gasteiger charge is -2.18. The van der Waals surface area contributed by atoms with Gasteiger partial charge < -0.3 is 15.1 Å². The number of sulfonamides is 1. The minimum atomic E-state index is -3.83. The number of benzene rings is 2. The van der Waals surface area contributed by atoms with E-state index in [1.807, 2.05) is 30.3 Å². The van der Waals surface area contributed by atoms with E-state index in [1.54, 1.807) is 12.1 Å². The molecule has 1 aliphatic heterocycles. The van der Waals surface area contributed by atoms with Crippen molar-refractivity contribution < 1.29 is 22.4 Å². The van der Waals surface area contributed by atoms with Gasteiger partial charge in [0.1, 0.15) is 11.9 Å². The van der Waals surface area contributed by atoms with Crippen LogP contribution in [0, 0.1) is 0 Å². The van der Waals surface area contributed by atoms with Gasteiger partial charge in [0.15, 0.2) is 5.76 Å². The maximum atomic E-state index is 13.1. The summed E-state index contributed by atoms with van der Waals surface area (Å²) >= 11 is 0. The lowest BCUT2D eigenvalue weighted by Crippen LogP contribution is -2.45. The van der Waals surface area contributed by atoms with Crippen LogP contribution in [0.3, 0.4) is 0 Å². The third-order valence-corrected chi connectivity index (χ3v) is 6.57. The number of nitrogens with one attached hydrogen (secondary N) is 3. The van der Waals surface area contributed by atoms with E-state index in [9.17, 15) is 18.0 Å². The molecule has 0 spiro atoms. The Balaban J connectivity index is 1.51. The molecular weight excluding hydrogens is 456 g/mol. The molecule has 1 aromatic heterocycles. The van der Waals surface area contributed by atoms with Gasteiger partial charge in [0.25, 0.3) is 15.9 Å². The highest BCUT2D eigenvalue weighted by Gasteiger charge is 2.24. The predicted molar refractivity (Wildman–Crippen MR) is 127 cm³/mol. The molecule has 34 heavy (non-hydrogen) atoms. The standard InChI is InChI=1S/C24H24N4O5S/c29-23(20(15-17-7-2-1-3-8-17)27-24(30)21-11-6-14-33-21)26-18-9-4-10-19(16-18)34(31,32)28-22-12-5-13-25-22/h1-4,6-11,14,16,20H,5,12-13,15H2,(H,25,28)(H,26,29)(H,27,30)/t20-/m0/s1. The monoisotopic (exact) mass is 480 g/mol. The van der Waals surface area contributed by atoms with Gasteiger partial charge in [0.2, 0.25) is 5.91 Å². The molecule has 1 atom stereocenters. The summed E-state index contributed by atoms with van der Waals surface area (Å²) in [5.41, 5.74) is 1.13. The molecule has 0 saturated heterocycles. The fraction of sp³-hybridized carbons (Fsp3) is 0.208. The van der Waals surface area contributed by atoms with E-state index >= 15 is 0 Å². The van der Waals surface area contributed by atoms with E-state index in [2.05, 4.69) is 20.3 Å². The minimum Gasteiger partial charge on any atom is -0.459 e. The number of amides is 2. The van der Waals surface area contributed by atoms with Crippen molar-refractivity contribution in [3.63, 3.8) is 0 Å². The largest absolute Gasteiger partial charge is 0.459 e. The fourth-order valence-electron chi connectivity index (χ4n) is 3.50. The van der Waals surface area contributed by atoms with Crippen LogP contribution in [0.5, 0.6) is 0 Å². The molecule has 10 heteroatoms. The molecule has 0 bridgehead atoms. The van der Waals surface area contributed by atoms with Gasteiger partial charge >= 0.3 is 0 Å². The van der Waals surface area contributed by atoms with Gasteiger partial charge in [0.05, 0.1) is 11.2 Å². The molecule has 2 heterocycles. The van der Waals surface area contributed by atoms with Crippen molar-refractivity contribution in [2.24, 2.45) is 4.99 Å². The number of furan rings is 1. The molecule has 3 aromatic rings. The second kappa shape index (κ2) is 10.3. The normalized spacial score (nSPS) is 14.2. The van der Waals surface area contributed by atoms with Crippen molar-refractivity contribution in [3.8, 4) is 0 Å². The highest BCUT2D eigenvalue weighted by Crippen LogP contribution is 2.17. The average Bonchev–Trinajstić information content (AvgIpc) is 3.54. The molecule has 1 aliphatic rings. The van der Waals surface area contributed by atoms with Gasteiger partial charge in [-0.3, -0.25) is 19.3 Å². The summed E-state index contributed by atoms with van der Waals surface area (Å²) in [6.07, 6.45) is 2.99. The molecule has 0 fully saturated rings. The summed E-state index contributed by atoms with van der Waals surface area (Å²) in [6.45, 7) is 0.598. The first-order valence-corrected chi connectivity index (χ1v) is 12.2. The smallest absolute Gasteiger partial charge is 0.287 e. The molecule has 0 radical (unpaired) electrons. The quantitative estimate of drug-likeness (QED) is 0.456. The predicted octanol–water partition coefficient (Wildman–Crippen LogP) is 2.73. The van der Waals surface area contributed by atoms with Crippen LogP contribution in [-0.4, -0.2) is 38.7 Å². The summed E-state index contributed by atoms with van der Waals surface area (Å²) in [4.78, 5) is 29.8. The summed E-state index contributed by atoms with van der Waals surface area (Å²) in [5, 5.41) is 5.40. The number of carbonyl (C=O) groups is 2. The molecule has 0 saturated carbocycles. The van der Waals surface area contributed by atoms with Gasteiger partial charge in [-0.1, -0.05) is 36.4 Å². The number of rotatable bonds is 8. The Morgan fingerprint density at radius 1 is 1.03 bits per heavy atom. The Morgan fingerprint density at radius 2 is 1.85 bits per heavy atom. The Morgan fingerprint density at radius 3 is 2.56 bits per heavy atom. The molecule has 4 rings (SSSR count). The van der Waals surface area contributed by atoms with Crippen molar-refractivity contribution in [3.05, 3.63) is 84.3 Å². The van der Waals surface area contributed by atoms with E-state index in [0.717, 1.165) is 12.0 Å². The third-order valence-electron chi connectivity index (χ3n) is 5.19. The maximum Gasteiger partial charge on any atom is 0.287 e. The summed E-state index contributed by atoms with van der Waals surface area (Å²) < 4.78 is 33.0. The zero-order chi connectivity index (χ0) is 24.0. The number of hydrogen-bond donors (Lipinski definition) is 3. The topological polar surface area (TPSA) is 130 Å². The molecular formula is C24H24N4O5S. The van der Waals surface area contributed by atoms with Crippen LogP contribution in [0.25, 0.3) is 0 Å². The zero-order valence-electron chi connectivity index (χ0n) is 18.2. The second-order valence-electron chi connectivity index (χ2n) is 7.75. The molecule has 0 aliphatic carbocycles. The van der Waals surface area contributed by atoms with Crippen molar-refractivity contribution in [2.45, 2.75) is 30.2 Å². The van der Waals surface area contributed by atoms with Gasteiger partial charge in [0, 0.05) is 25.1 Å². The Labute approximate surface area is 197 Å². The van der Waals surface area contributed by atoms with Crippen LogP contribution < -0.4 is 15.4 Å². The van der Waals surface area contributed by atoms with Crippen LogP contribution in [-0.2, 0) is 21.2 Å². The fourth-order valence-corrected chi connectivity index (χ4v) is 4.64. The first kappa shape index (κ1) is 23.2. The van der Waals surface area contributed by atoms with Gasteiger partial charge in [-0.15, -0.1) is 0 Å². The summed E-state index contributed by atoms with van der Waals surface area (Å²) in [6, 6.07) is 17.3. The third kappa shape index (κ3) is 5.90. The van der Waals surface area contributed by atoms with E-state index in [0.29, 0.717) is 18.8 Å². The molecule has 0 unspecified atom stereocenters. The van der Waals surface area contributed by atoms with E-state index in [-0.39, 0.29) is 22.8 Å². The van der Waals surface area contributed by atoms with E-state index < -0.39 is 27.9 Å². The number of anilines is 1. The van der Waals surface area contributed by atoms with Crippen LogP contribution in [0.1, 0.15) is 29.0 Å². The van der Waals surface area contributed by atoms with Gasteiger partial charge in [-0.2, -0.15) is 0 Å². The van der Waals surface area contributed by atoms with Gasteiger partial charge in [-0.25, -0.2) is 8.42 Å². The zero-order valence-corrected chi connectivity index (χ0v) is 19.0. The highest BCUT2D eigenvalue weighted by atomic mass is 32.2. The van der Waals surface area contributed by atoms with Gasteiger partial charge in [-0.05, 0) is 42.3 Å².